The second kappa shape index (κ2) is 6.99. The quantitative estimate of drug-likeness (QED) is 0.512. The van der Waals surface area contributed by atoms with Crippen LogP contribution in [0.3, 0.4) is 0 Å². The van der Waals surface area contributed by atoms with Crippen LogP contribution in [0.1, 0.15) is 15.4 Å². The summed E-state index contributed by atoms with van der Waals surface area (Å²) < 4.78 is 5.41. The third-order valence-electron chi connectivity index (χ3n) is 4.84. The van der Waals surface area contributed by atoms with Crippen LogP contribution in [-0.4, -0.2) is 51.9 Å². The first-order valence-electron chi connectivity index (χ1n) is 8.94. The molecule has 0 N–H and O–H groups in total. The van der Waals surface area contributed by atoms with Gasteiger partial charge in [-0.15, -0.1) is 22.7 Å². The van der Waals surface area contributed by atoms with Crippen LogP contribution in [0, 0.1) is 6.92 Å². The molecule has 1 aliphatic heterocycles. The normalized spacial score (nSPS) is 14.8. The Morgan fingerprint density at radius 1 is 1.18 bits per heavy atom. The number of thiophene rings is 1. The van der Waals surface area contributed by atoms with Crippen molar-refractivity contribution in [3.63, 3.8) is 0 Å². The minimum atomic E-state index is -0.0189. The van der Waals surface area contributed by atoms with Crippen LogP contribution >= 0.6 is 22.7 Å². The van der Waals surface area contributed by atoms with Crippen LogP contribution in [0.4, 0.5) is 5.82 Å². The molecule has 1 aliphatic rings. The van der Waals surface area contributed by atoms with E-state index in [4.69, 9.17) is 4.42 Å². The number of hydrogen-bond donors (Lipinski definition) is 0. The first-order valence-corrected chi connectivity index (χ1v) is 10.6. The van der Waals surface area contributed by atoms with Gasteiger partial charge in [0, 0.05) is 31.1 Å². The van der Waals surface area contributed by atoms with Gasteiger partial charge < -0.3 is 14.2 Å². The summed E-state index contributed by atoms with van der Waals surface area (Å²) in [5, 5.41) is 3.85. The monoisotopic (exact) mass is 411 g/mol. The van der Waals surface area contributed by atoms with Crippen molar-refractivity contribution in [3.05, 3.63) is 46.7 Å². The molecule has 0 radical (unpaired) electrons. The first kappa shape index (κ1) is 17.3. The highest BCUT2D eigenvalue weighted by atomic mass is 32.1. The van der Waals surface area contributed by atoms with E-state index >= 15 is 0 Å². The maximum atomic E-state index is 13.0. The van der Waals surface area contributed by atoms with Gasteiger partial charge in [0.15, 0.2) is 10.8 Å². The van der Waals surface area contributed by atoms with Gasteiger partial charge in [0.05, 0.1) is 11.6 Å². The number of nitrogens with zero attached hydrogens (tertiary/aromatic N) is 5. The van der Waals surface area contributed by atoms with Gasteiger partial charge in [0.25, 0.3) is 5.91 Å². The van der Waals surface area contributed by atoms with E-state index in [1.54, 1.807) is 23.9 Å². The summed E-state index contributed by atoms with van der Waals surface area (Å²) in [7, 11) is 0. The summed E-state index contributed by atoms with van der Waals surface area (Å²) in [6.45, 7) is 4.69. The molecule has 1 saturated heterocycles. The first-order chi connectivity index (χ1) is 13.7. The van der Waals surface area contributed by atoms with Gasteiger partial charge in [0.2, 0.25) is 0 Å². The lowest BCUT2D eigenvalue weighted by Gasteiger charge is -2.35. The van der Waals surface area contributed by atoms with Gasteiger partial charge in [0.1, 0.15) is 22.7 Å². The molecule has 0 atom stereocenters. The Morgan fingerprint density at radius 2 is 2.04 bits per heavy atom. The maximum absolute atomic E-state index is 13.0. The molecule has 9 heteroatoms. The summed E-state index contributed by atoms with van der Waals surface area (Å²) in [5.74, 6) is 1.62. The molecule has 0 saturated carbocycles. The van der Waals surface area contributed by atoms with Crippen LogP contribution < -0.4 is 4.90 Å². The average molecular weight is 412 g/mol. The number of thiazole rings is 1. The molecule has 142 valence electrons. The molecule has 4 aromatic rings. The van der Waals surface area contributed by atoms with Gasteiger partial charge in [-0.25, -0.2) is 15.0 Å². The van der Waals surface area contributed by atoms with Gasteiger partial charge in [-0.2, -0.15) is 0 Å². The topological polar surface area (TPSA) is 75.4 Å². The number of rotatable bonds is 3. The molecule has 0 unspecified atom stereocenters. The van der Waals surface area contributed by atoms with E-state index < -0.39 is 0 Å². The van der Waals surface area contributed by atoms with Crippen molar-refractivity contribution in [2.24, 2.45) is 0 Å². The summed E-state index contributed by atoms with van der Waals surface area (Å²) in [5.41, 5.74) is 0.520. The molecule has 1 amide bonds. The minimum absolute atomic E-state index is 0.0189. The average Bonchev–Trinajstić information content (AvgIpc) is 3.47. The van der Waals surface area contributed by atoms with Crippen molar-refractivity contribution in [2.45, 2.75) is 6.92 Å². The molecule has 0 spiro atoms. The minimum Gasteiger partial charge on any atom is -0.462 e. The van der Waals surface area contributed by atoms with Gasteiger partial charge in [-0.1, -0.05) is 0 Å². The summed E-state index contributed by atoms with van der Waals surface area (Å²) in [6, 6.07) is 5.74. The fraction of sp³-hybridized carbons (Fsp3) is 0.263. The molecule has 1 fully saturated rings. The Labute approximate surface area is 169 Å². The highest BCUT2D eigenvalue weighted by Gasteiger charge is 2.27. The molecule has 0 aromatic carbocycles. The van der Waals surface area contributed by atoms with Crippen molar-refractivity contribution < 1.29 is 9.21 Å². The van der Waals surface area contributed by atoms with Gasteiger partial charge in [-0.3, -0.25) is 4.79 Å². The van der Waals surface area contributed by atoms with E-state index in [0.29, 0.717) is 24.5 Å². The lowest BCUT2D eigenvalue weighted by Crippen LogP contribution is -2.49. The third-order valence-corrected chi connectivity index (χ3v) is 6.64. The highest BCUT2D eigenvalue weighted by Crippen LogP contribution is 2.30. The van der Waals surface area contributed by atoms with Crippen molar-refractivity contribution in [1.82, 2.24) is 19.9 Å². The number of furan rings is 1. The zero-order valence-electron chi connectivity index (χ0n) is 15.2. The Bertz CT molecular complexity index is 1130. The molecule has 4 aromatic heterocycles. The van der Waals surface area contributed by atoms with Crippen molar-refractivity contribution in [3.8, 4) is 10.8 Å². The van der Waals surface area contributed by atoms with Gasteiger partial charge in [-0.05, 0) is 30.5 Å². The Kier molecular flexibility index (Phi) is 4.33. The Balaban J connectivity index is 1.32. The van der Waals surface area contributed by atoms with Crippen molar-refractivity contribution in [2.75, 3.05) is 31.1 Å². The standard InChI is InChI=1S/C19H17N5O2S2/c1-12-15(22-18(28-12)14-3-2-9-26-14)19(25)24-7-5-23(6-8-24)16-13-4-10-27-17(13)21-11-20-16/h2-4,9-11H,5-8H2,1H3. The van der Waals surface area contributed by atoms with Gasteiger partial charge >= 0.3 is 0 Å². The molecule has 7 nitrogen and oxygen atoms in total. The number of piperazine rings is 1. The van der Waals surface area contributed by atoms with Crippen LogP contribution in [0.2, 0.25) is 0 Å². The zero-order chi connectivity index (χ0) is 19.1. The van der Waals surface area contributed by atoms with Crippen LogP contribution in [0.5, 0.6) is 0 Å². The van der Waals surface area contributed by atoms with Crippen LogP contribution in [0.15, 0.2) is 40.6 Å². The number of fused-ring (bicyclic) bond motifs is 1. The second-order valence-electron chi connectivity index (χ2n) is 6.52. The molecule has 5 rings (SSSR count). The third kappa shape index (κ3) is 2.96. The highest BCUT2D eigenvalue weighted by molar-refractivity contribution is 7.16. The molecule has 28 heavy (non-hydrogen) atoms. The Hall–Kier alpha value is -2.78. The molecule has 0 aliphatic carbocycles. The van der Waals surface area contributed by atoms with E-state index in [2.05, 4.69) is 25.9 Å². The smallest absolute Gasteiger partial charge is 0.273 e. The van der Waals surface area contributed by atoms with E-state index in [1.807, 2.05) is 29.3 Å². The number of carbonyl (C=O) groups is 1. The summed E-state index contributed by atoms with van der Waals surface area (Å²) in [4.78, 5) is 32.3. The van der Waals surface area contributed by atoms with E-state index in [9.17, 15) is 4.79 Å². The predicted octanol–water partition coefficient (Wildman–Crippen LogP) is 3.68. The summed E-state index contributed by atoms with van der Waals surface area (Å²) in [6.07, 6.45) is 3.23. The second-order valence-corrected chi connectivity index (χ2v) is 8.61. The molecule has 5 heterocycles. The fourth-order valence-corrected chi connectivity index (χ4v) is 5.00. The SMILES string of the molecule is Cc1sc(-c2ccco2)nc1C(=O)N1CCN(c2ncnc3sccc23)CC1. The number of anilines is 1. The molecular formula is C19H17N5O2S2. The number of aromatic nitrogens is 3. The van der Waals surface area contributed by atoms with E-state index in [-0.39, 0.29) is 5.91 Å². The fourth-order valence-electron chi connectivity index (χ4n) is 3.40. The summed E-state index contributed by atoms with van der Waals surface area (Å²) >= 11 is 3.10. The maximum Gasteiger partial charge on any atom is 0.273 e. The van der Waals surface area contributed by atoms with Crippen LogP contribution in [-0.2, 0) is 0 Å². The zero-order valence-corrected chi connectivity index (χ0v) is 16.8. The predicted molar refractivity (Wildman–Crippen MR) is 110 cm³/mol. The number of hydrogen-bond acceptors (Lipinski definition) is 8. The largest absolute Gasteiger partial charge is 0.462 e. The van der Waals surface area contributed by atoms with Crippen LogP contribution in [0.25, 0.3) is 21.0 Å². The molecular weight excluding hydrogens is 394 g/mol. The lowest BCUT2D eigenvalue weighted by atomic mass is 10.2. The number of aryl methyl sites for hydroxylation is 1. The number of carbonyl (C=O) groups excluding carboxylic acids is 1. The van der Waals surface area contributed by atoms with E-state index in [0.717, 1.165) is 39.0 Å². The molecule has 0 bridgehead atoms. The van der Waals surface area contributed by atoms with Crippen molar-refractivity contribution in [1.29, 1.82) is 0 Å². The van der Waals surface area contributed by atoms with Crippen molar-refractivity contribution >= 4 is 44.6 Å². The number of amides is 1. The lowest BCUT2D eigenvalue weighted by molar-refractivity contribution is 0.0741. The Morgan fingerprint density at radius 3 is 2.82 bits per heavy atom. The van der Waals surface area contributed by atoms with E-state index in [1.165, 1.54) is 11.3 Å².